The van der Waals surface area contributed by atoms with Crippen LogP contribution in [0.3, 0.4) is 0 Å². The van der Waals surface area contributed by atoms with E-state index in [1.54, 1.807) is 19.2 Å². The molecule has 19 heavy (non-hydrogen) atoms. The number of hydrogen-bond acceptors (Lipinski definition) is 3. The Hall–Kier alpha value is -2.56. The lowest BCUT2D eigenvalue weighted by atomic mass is 10.3. The van der Waals surface area contributed by atoms with Crippen LogP contribution in [0.5, 0.6) is 5.75 Å². The average Bonchev–Trinajstić information content (AvgIpc) is 2.82. The zero-order valence-corrected chi connectivity index (χ0v) is 10.3. The van der Waals surface area contributed by atoms with Crippen LogP contribution < -0.4 is 10.1 Å². The zero-order chi connectivity index (χ0) is 13.2. The maximum absolute atomic E-state index is 12.8. The number of imidazole rings is 1. The Balaban J connectivity index is 1.90. The molecule has 3 aromatic rings. The number of rotatable bonds is 3. The molecule has 96 valence electrons. The second kappa shape index (κ2) is 4.61. The van der Waals surface area contributed by atoms with Gasteiger partial charge in [-0.15, -0.1) is 0 Å². The first-order chi connectivity index (χ1) is 9.24. The van der Waals surface area contributed by atoms with Gasteiger partial charge in [-0.2, -0.15) is 0 Å². The van der Waals surface area contributed by atoms with Crippen molar-refractivity contribution in [2.24, 2.45) is 0 Å². The molecule has 0 saturated carbocycles. The lowest BCUT2D eigenvalue weighted by Gasteiger charge is -2.01. The molecule has 0 saturated heterocycles. The van der Waals surface area contributed by atoms with Crippen LogP contribution in [0.25, 0.3) is 11.0 Å². The summed E-state index contributed by atoms with van der Waals surface area (Å²) in [5, 5.41) is 3.08. The van der Waals surface area contributed by atoms with E-state index in [9.17, 15) is 4.39 Å². The number of nitrogens with one attached hydrogen (secondary N) is 2. The van der Waals surface area contributed by atoms with Crippen LogP contribution in [0, 0.1) is 5.82 Å². The van der Waals surface area contributed by atoms with Gasteiger partial charge in [0, 0.05) is 11.8 Å². The van der Waals surface area contributed by atoms with Gasteiger partial charge in [0.15, 0.2) is 0 Å². The van der Waals surface area contributed by atoms with Crippen molar-refractivity contribution < 1.29 is 9.13 Å². The first kappa shape index (κ1) is 11.5. The summed E-state index contributed by atoms with van der Waals surface area (Å²) in [6.07, 6.45) is 0. The number of hydrogen-bond donors (Lipinski definition) is 2. The molecular weight excluding hydrogens is 245 g/mol. The van der Waals surface area contributed by atoms with Crippen molar-refractivity contribution in [1.29, 1.82) is 0 Å². The van der Waals surface area contributed by atoms with Crippen molar-refractivity contribution in [3.05, 3.63) is 48.3 Å². The largest absolute Gasteiger partial charge is 0.497 e. The molecule has 0 bridgehead atoms. The van der Waals surface area contributed by atoms with Crippen molar-refractivity contribution in [2.45, 2.75) is 0 Å². The Labute approximate surface area is 109 Å². The van der Waals surface area contributed by atoms with E-state index in [0.29, 0.717) is 5.95 Å². The van der Waals surface area contributed by atoms with Crippen LogP contribution in [-0.2, 0) is 0 Å². The minimum absolute atomic E-state index is 0.264. The van der Waals surface area contributed by atoms with Gasteiger partial charge in [-0.25, -0.2) is 9.37 Å². The number of aromatic nitrogens is 2. The Kier molecular flexibility index (Phi) is 2.79. The number of halogens is 1. The second-order valence-corrected chi connectivity index (χ2v) is 4.10. The van der Waals surface area contributed by atoms with E-state index in [2.05, 4.69) is 15.3 Å². The predicted molar refractivity (Wildman–Crippen MR) is 72.3 cm³/mol. The van der Waals surface area contributed by atoms with Gasteiger partial charge in [0.2, 0.25) is 5.95 Å². The average molecular weight is 257 g/mol. The second-order valence-electron chi connectivity index (χ2n) is 4.10. The zero-order valence-electron chi connectivity index (χ0n) is 10.3. The number of fused-ring (bicyclic) bond motifs is 1. The Morgan fingerprint density at radius 1 is 1.16 bits per heavy atom. The molecule has 0 radical (unpaired) electrons. The molecule has 1 aromatic heterocycles. The first-order valence-corrected chi connectivity index (χ1v) is 5.81. The van der Waals surface area contributed by atoms with Crippen LogP contribution in [0.2, 0.25) is 0 Å². The molecule has 1 heterocycles. The van der Waals surface area contributed by atoms with Gasteiger partial charge in [-0.1, -0.05) is 0 Å². The van der Waals surface area contributed by atoms with E-state index in [4.69, 9.17) is 4.74 Å². The van der Waals surface area contributed by atoms with E-state index in [1.807, 2.05) is 18.2 Å². The predicted octanol–water partition coefficient (Wildman–Crippen LogP) is 3.45. The topological polar surface area (TPSA) is 49.9 Å². The van der Waals surface area contributed by atoms with E-state index >= 15 is 0 Å². The van der Waals surface area contributed by atoms with Crippen LogP contribution >= 0.6 is 0 Å². The van der Waals surface area contributed by atoms with Gasteiger partial charge >= 0.3 is 0 Å². The molecular formula is C14H12FN3O. The van der Waals surface area contributed by atoms with Crippen LogP contribution in [0.15, 0.2) is 42.5 Å². The fourth-order valence-corrected chi connectivity index (χ4v) is 1.84. The first-order valence-electron chi connectivity index (χ1n) is 5.81. The molecule has 0 aliphatic rings. The number of ether oxygens (including phenoxy) is 1. The van der Waals surface area contributed by atoms with Gasteiger partial charge in [0.25, 0.3) is 0 Å². The quantitative estimate of drug-likeness (QED) is 0.755. The number of aromatic amines is 1. The van der Waals surface area contributed by atoms with Crippen LogP contribution in [-0.4, -0.2) is 17.1 Å². The van der Waals surface area contributed by atoms with Crippen molar-refractivity contribution >= 4 is 22.7 Å². The van der Waals surface area contributed by atoms with Gasteiger partial charge in [0.1, 0.15) is 11.6 Å². The van der Waals surface area contributed by atoms with Crippen molar-refractivity contribution in [2.75, 3.05) is 12.4 Å². The number of nitrogens with zero attached hydrogens (tertiary/aromatic N) is 1. The fraction of sp³-hybridized carbons (Fsp3) is 0.0714. The van der Waals surface area contributed by atoms with Gasteiger partial charge in [0.05, 0.1) is 18.1 Å². The lowest BCUT2D eigenvalue weighted by molar-refractivity contribution is 0.415. The minimum atomic E-state index is -0.264. The maximum Gasteiger partial charge on any atom is 0.205 e. The highest BCUT2D eigenvalue weighted by molar-refractivity contribution is 5.79. The molecule has 0 unspecified atom stereocenters. The molecule has 0 amide bonds. The van der Waals surface area contributed by atoms with Crippen molar-refractivity contribution in [3.63, 3.8) is 0 Å². The summed E-state index contributed by atoms with van der Waals surface area (Å²) in [7, 11) is 1.62. The summed E-state index contributed by atoms with van der Waals surface area (Å²) in [6.45, 7) is 0. The summed E-state index contributed by atoms with van der Waals surface area (Å²) >= 11 is 0. The van der Waals surface area contributed by atoms with Crippen molar-refractivity contribution in [3.8, 4) is 5.75 Å². The summed E-state index contributed by atoms with van der Waals surface area (Å²) in [4.78, 5) is 7.53. The Morgan fingerprint density at radius 3 is 2.68 bits per heavy atom. The minimum Gasteiger partial charge on any atom is -0.497 e. The Morgan fingerprint density at radius 2 is 1.95 bits per heavy atom. The number of methoxy groups -OCH3 is 1. The van der Waals surface area contributed by atoms with Crippen molar-refractivity contribution in [1.82, 2.24) is 9.97 Å². The van der Waals surface area contributed by atoms with E-state index in [-0.39, 0.29) is 5.82 Å². The number of anilines is 2. The summed E-state index contributed by atoms with van der Waals surface area (Å²) < 4.78 is 18.0. The van der Waals surface area contributed by atoms with Gasteiger partial charge < -0.3 is 15.0 Å². The smallest absolute Gasteiger partial charge is 0.205 e. The molecule has 3 rings (SSSR count). The van der Waals surface area contributed by atoms with Gasteiger partial charge in [-0.05, 0) is 36.4 Å². The van der Waals surface area contributed by atoms with Crippen LogP contribution in [0.4, 0.5) is 16.0 Å². The molecule has 4 nitrogen and oxygen atoms in total. The maximum atomic E-state index is 12.8. The highest BCUT2D eigenvalue weighted by Crippen LogP contribution is 2.22. The molecule has 0 aliphatic carbocycles. The highest BCUT2D eigenvalue weighted by Gasteiger charge is 2.04. The molecule has 2 aromatic carbocycles. The normalized spacial score (nSPS) is 10.6. The molecule has 5 heteroatoms. The molecule has 2 N–H and O–H groups in total. The van der Waals surface area contributed by atoms with Crippen LogP contribution in [0.1, 0.15) is 0 Å². The monoisotopic (exact) mass is 257 g/mol. The fourth-order valence-electron chi connectivity index (χ4n) is 1.84. The number of H-pyrrole nitrogens is 1. The third-order valence-electron chi connectivity index (χ3n) is 2.80. The SMILES string of the molecule is COc1ccc2nc(Nc3ccc(F)cc3)[nH]c2c1. The van der Waals surface area contributed by atoms with E-state index < -0.39 is 0 Å². The van der Waals surface area contributed by atoms with E-state index in [1.165, 1.54) is 12.1 Å². The number of benzene rings is 2. The third-order valence-corrected chi connectivity index (χ3v) is 2.80. The molecule has 0 fully saturated rings. The molecule has 0 aliphatic heterocycles. The molecule has 0 atom stereocenters. The summed E-state index contributed by atoms with van der Waals surface area (Å²) in [5.74, 6) is 1.11. The van der Waals surface area contributed by atoms with E-state index in [0.717, 1.165) is 22.5 Å². The standard InChI is InChI=1S/C14H12FN3O/c1-19-11-6-7-12-13(8-11)18-14(17-12)16-10-4-2-9(15)3-5-10/h2-8H,1H3,(H2,16,17,18). The Bertz CT molecular complexity index is 706. The third kappa shape index (κ3) is 2.35. The summed E-state index contributed by atoms with van der Waals surface area (Å²) in [5.41, 5.74) is 2.49. The molecule has 0 spiro atoms. The van der Waals surface area contributed by atoms with Gasteiger partial charge in [-0.3, -0.25) is 0 Å². The highest BCUT2D eigenvalue weighted by atomic mass is 19.1. The summed E-state index contributed by atoms with van der Waals surface area (Å²) in [6, 6.07) is 11.7. The lowest BCUT2D eigenvalue weighted by Crippen LogP contribution is -1.91.